The van der Waals surface area contributed by atoms with E-state index in [1.165, 1.54) is 29.5 Å². The summed E-state index contributed by atoms with van der Waals surface area (Å²) in [6, 6.07) is 6.37. The fourth-order valence-electron chi connectivity index (χ4n) is 2.13. The van der Waals surface area contributed by atoms with E-state index in [0.29, 0.717) is 5.13 Å². The molecule has 4 heteroatoms. The third kappa shape index (κ3) is 4.48. The fraction of sp³-hybridized carbons (Fsp3) is 0.533. The van der Waals surface area contributed by atoms with Gasteiger partial charge in [-0.25, -0.2) is 4.98 Å². The van der Waals surface area contributed by atoms with Crippen molar-refractivity contribution in [1.29, 1.82) is 0 Å². The van der Waals surface area contributed by atoms with E-state index in [1.54, 1.807) is 11.3 Å². The van der Waals surface area contributed by atoms with Crippen molar-refractivity contribution in [2.45, 2.75) is 39.7 Å². The highest BCUT2D eigenvalue weighted by Crippen LogP contribution is 2.24. The van der Waals surface area contributed by atoms with Crippen LogP contribution in [-0.4, -0.2) is 11.5 Å². The molecule has 2 aromatic rings. The SMILES string of the molecule is CC(C)CCCCNCc1ccc2nc(N)sc2c1. The lowest BCUT2D eigenvalue weighted by molar-refractivity contribution is 0.520. The van der Waals surface area contributed by atoms with Gasteiger partial charge in [-0.2, -0.15) is 0 Å². The van der Waals surface area contributed by atoms with Gasteiger partial charge in [0.1, 0.15) is 0 Å². The maximum absolute atomic E-state index is 5.71. The molecule has 3 nitrogen and oxygen atoms in total. The highest BCUT2D eigenvalue weighted by molar-refractivity contribution is 7.22. The molecule has 1 aromatic heterocycles. The predicted octanol–water partition coefficient (Wildman–Crippen LogP) is 3.79. The summed E-state index contributed by atoms with van der Waals surface area (Å²) in [5, 5.41) is 4.15. The summed E-state index contributed by atoms with van der Waals surface area (Å²) in [5.41, 5.74) is 8.02. The van der Waals surface area contributed by atoms with Gasteiger partial charge < -0.3 is 11.1 Å². The Hall–Kier alpha value is -1.13. The molecule has 0 saturated heterocycles. The second kappa shape index (κ2) is 6.87. The van der Waals surface area contributed by atoms with Crippen LogP contribution in [0.4, 0.5) is 5.13 Å². The lowest BCUT2D eigenvalue weighted by atomic mass is 10.1. The van der Waals surface area contributed by atoms with E-state index in [9.17, 15) is 0 Å². The van der Waals surface area contributed by atoms with Crippen LogP contribution in [0.15, 0.2) is 18.2 Å². The lowest BCUT2D eigenvalue weighted by Gasteiger charge is -2.06. The minimum Gasteiger partial charge on any atom is -0.375 e. The highest BCUT2D eigenvalue weighted by Gasteiger charge is 2.02. The zero-order valence-corrected chi connectivity index (χ0v) is 12.6. The van der Waals surface area contributed by atoms with E-state index in [2.05, 4.69) is 42.3 Å². The average molecular weight is 277 g/mol. The Morgan fingerprint density at radius 1 is 1.32 bits per heavy atom. The van der Waals surface area contributed by atoms with Crippen LogP contribution in [0.5, 0.6) is 0 Å². The van der Waals surface area contributed by atoms with E-state index in [4.69, 9.17) is 5.73 Å². The largest absolute Gasteiger partial charge is 0.375 e. The van der Waals surface area contributed by atoms with Gasteiger partial charge in [-0.15, -0.1) is 0 Å². The Bertz CT molecular complexity index is 519. The van der Waals surface area contributed by atoms with Gasteiger partial charge in [-0.3, -0.25) is 0 Å². The molecule has 0 atom stereocenters. The molecule has 2 rings (SSSR count). The number of unbranched alkanes of at least 4 members (excludes halogenated alkanes) is 1. The number of rotatable bonds is 7. The summed E-state index contributed by atoms with van der Waals surface area (Å²) in [4.78, 5) is 4.27. The first-order chi connectivity index (χ1) is 9.15. The van der Waals surface area contributed by atoms with E-state index in [0.717, 1.165) is 24.5 Å². The number of nitrogens with one attached hydrogen (secondary N) is 1. The van der Waals surface area contributed by atoms with Gasteiger partial charge in [0.2, 0.25) is 0 Å². The molecule has 0 amide bonds. The highest BCUT2D eigenvalue weighted by atomic mass is 32.1. The summed E-state index contributed by atoms with van der Waals surface area (Å²) in [6.07, 6.45) is 3.90. The molecular weight excluding hydrogens is 254 g/mol. The molecule has 0 spiro atoms. The van der Waals surface area contributed by atoms with Gasteiger partial charge in [-0.1, -0.05) is 44.1 Å². The summed E-state index contributed by atoms with van der Waals surface area (Å²) in [7, 11) is 0. The molecule has 0 saturated carbocycles. The van der Waals surface area contributed by atoms with Crippen LogP contribution in [0.3, 0.4) is 0 Å². The van der Waals surface area contributed by atoms with E-state index in [1.807, 2.05) is 0 Å². The molecule has 1 heterocycles. The molecule has 0 unspecified atom stereocenters. The van der Waals surface area contributed by atoms with Crippen LogP contribution in [-0.2, 0) is 6.54 Å². The Labute approximate surface area is 119 Å². The van der Waals surface area contributed by atoms with Gasteiger partial charge in [0.05, 0.1) is 10.2 Å². The third-order valence-electron chi connectivity index (χ3n) is 3.18. The maximum atomic E-state index is 5.71. The number of thiazole rings is 1. The van der Waals surface area contributed by atoms with Crippen molar-refractivity contribution in [2.75, 3.05) is 12.3 Å². The van der Waals surface area contributed by atoms with Gasteiger partial charge in [-0.05, 0) is 36.6 Å². The lowest BCUT2D eigenvalue weighted by Crippen LogP contribution is -2.14. The quantitative estimate of drug-likeness (QED) is 0.757. The Balaban J connectivity index is 1.75. The van der Waals surface area contributed by atoms with Gasteiger partial charge in [0, 0.05) is 6.54 Å². The van der Waals surface area contributed by atoms with E-state index < -0.39 is 0 Å². The van der Waals surface area contributed by atoms with Crippen molar-refractivity contribution < 1.29 is 0 Å². The van der Waals surface area contributed by atoms with Crippen molar-refractivity contribution in [3.63, 3.8) is 0 Å². The van der Waals surface area contributed by atoms with Crippen molar-refractivity contribution in [1.82, 2.24) is 10.3 Å². The Morgan fingerprint density at radius 2 is 2.16 bits per heavy atom. The van der Waals surface area contributed by atoms with Crippen LogP contribution < -0.4 is 11.1 Å². The second-order valence-corrected chi connectivity index (χ2v) is 6.48. The fourth-order valence-corrected chi connectivity index (χ4v) is 2.93. The molecule has 0 radical (unpaired) electrons. The standard InChI is InChI=1S/C15H23N3S/c1-11(2)5-3-4-8-17-10-12-6-7-13-14(9-12)19-15(16)18-13/h6-7,9,11,17H,3-5,8,10H2,1-2H3,(H2,16,18). The number of benzene rings is 1. The number of aromatic nitrogens is 1. The van der Waals surface area contributed by atoms with Crippen LogP contribution in [0, 0.1) is 5.92 Å². The number of hydrogen-bond donors (Lipinski definition) is 2. The van der Waals surface area contributed by atoms with Gasteiger partial charge in [0.15, 0.2) is 5.13 Å². The normalized spacial score (nSPS) is 11.5. The summed E-state index contributed by atoms with van der Waals surface area (Å²) >= 11 is 1.56. The third-order valence-corrected chi connectivity index (χ3v) is 4.03. The van der Waals surface area contributed by atoms with Crippen molar-refractivity contribution in [3.05, 3.63) is 23.8 Å². The summed E-state index contributed by atoms with van der Waals surface area (Å²) in [5.74, 6) is 0.819. The van der Waals surface area contributed by atoms with E-state index >= 15 is 0 Å². The first-order valence-corrected chi connectivity index (χ1v) is 7.82. The molecule has 3 N–H and O–H groups in total. The summed E-state index contributed by atoms with van der Waals surface area (Å²) in [6.45, 7) is 6.58. The molecule has 0 fully saturated rings. The molecule has 0 bridgehead atoms. The first-order valence-electron chi connectivity index (χ1n) is 7.01. The first kappa shape index (κ1) is 14.3. The number of anilines is 1. The molecular formula is C15H23N3S. The number of fused-ring (bicyclic) bond motifs is 1. The Morgan fingerprint density at radius 3 is 2.95 bits per heavy atom. The molecule has 0 aliphatic rings. The van der Waals surface area contributed by atoms with Crippen LogP contribution in [0.25, 0.3) is 10.2 Å². The van der Waals surface area contributed by atoms with Gasteiger partial charge in [0.25, 0.3) is 0 Å². The Kier molecular flexibility index (Phi) is 5.16. The van der Waals surface area contributed by atoms with Gasteiger partial charge >= 0.3 is 0 Å². The smallest absolute Gasteiger partial charge is 0.181 e. The average Bonchev–Trinajstić information content (AvgIpc) is 2.72. The monoisotopic (exact) mass is 277 g/mol. The van der Waals surface area contributed by atoms with Crippen molar-refractivity contribution >= 4 is 26.7 Å². The van der Waals surface area contributed by atoms with E-state index in [-0.39, 0.29) is 0 Å². The minimum absolute atomic E-state index is 0.647. The molecule has 1 aromatic carbocycles. The minimum atomic E-state index is 0.647. The van der Waals surface area contributed by atoms with Crippen LogP contribution >= 0.6 is 11.3 Å². The van der Waals surface area contributed by atoms with Crippen LogP contribution in [0.2, 0.25) is 0 Å². The topological polar surface area (TPSA) is 50.9 Å². The molecule has 0 aliphatic heterocycles. The second-order valence-electron chi connectivity index (χ2n) is 5.42. The number of nitrogens with two attached hydrogens (primary N) is 1. The molecule has 19 heavy (non-hydrogen) atoms. The molecule has 104 valence electrons. The molecule has 0 aliphatic carbocycles. The maximum Gasteiger partial charge on any atom is 0.181 e. The number of nitrogens with zero attached hydrogens (tertiary/aromatic N) is 1. The van der Waals surface area contributed by atoms with Crippen molar-refractivity contribution in [2.24, 2.45) is 5.92 Å². The zero-order chi connectivity index (χ0) is 13.7. The van der Waals surface area contributed by atoms with Crippen LogP contribution in [0.1, 0.15) is 38.7 Å². The van der Waals surface area contributed by atoms with Crippen molar-refractivity contribution in [3.8, 4) is 0 Å². The predicted molar refractivity (Wildman–Crippen MR) is 84.4 cm³/mol. The number of hydrogen-bond acceptors (Lipinski definition) is 4. The summed E-state index contributed by atoms with van der Waals surface area (Å²) < 4.78 is 1.18. The zero-order valence-electron chi connectivity index (χ0n) is 11.8. The number of nitrogen functional groups attached to an aromatic ring is 1.